The third-order valence-corrected chi connectivity index (χ3v) is 2.78. The van der Waals surface area contributed by atoms with E-state index in [9.17, 15) is 4.79 Å². The Bertz CT molecular complexity index is 195. The van der Waals surface area contributed by atoms with Crippen LogP contribution in [0, 0.1) is 11.8 Å². The van der Waals surface area contributed by atoms with E-state index in [-0.39, 0.29) is 12.2 Å². The molecule has 0 aromatic heterocycles. The number of rotatable bonds is 3. The highest BCUT2D eigenvalue weighted by molar-refractivity contribution is 5.67. The molecule has 0 spiro atoms. The topological polar surface area (TPSA) is 38.3 Å². The monoisotopic (exact) mass is 199 g/mol. The molecule has 1 aliphatic rings. The Morgan fingerprint density at radius 3 is 2.29 bits per heavy atom. The first-order valence-electron chi connectivity index (χ1n) is 5.46. The molecule has 0 aliphatic heterocycles. The normalized spacial score (nSPS) is 26.1. The van der Waals surface area contributed by atoms with Gasteiger partial charge in [-0.3, -0.25) is 0 Å². The molecule has 3 heteroatoms. The van der Waals surface area contributed by atoms with Crippen molar-refractivity contribution in [1.82, 2.24) is 5.32 Å². The van der Waals surface area contributed by atoms with Crippen LogP contribution in [0.1, 0.15) is 40.5 Å². The molecule has 1 N–H and O–H groups in total. The van der Waals surface area contributed by atoms with Crippen LogP contribution in [0.25, 0.3) is 0 Å². The van der Waals surface area contributed by atoms with Crippen LogP contribution in [0.5, 0.6) is 0 Å². The van der Waals surface area contributed by atoms with Crippen LogP contribution < -0.4 is 5.32 Å². The lowest BCUT2D eigenvalue weighted by atomic mass is 9.74. The summed E-state index contributed by atoms with van der Waals surface area (Å²) in [5, 5.41) is 2.87. The van der Waals surface area contributed by atoms with Crippen molar-refractivity contribution in [3.05, 3.63) is 0 Å². The highest BCUT2D eigenvalue weighted by Gasteiger charge is 2.32. The SMILES string of the molecule is CC(C)OC(=O)NC1CC(C(C)C)C1. The minimum Gasteiger partial charge on any atom is -0.447 e. The molecular formula is C11H21NO2. The maximum atomic E-state index is 11.2. The van der Waals surface area contributed by atoms with E-state index in [0.29, 0.717) is 6.04 Å². The van der Waals surface area contributed by atoms with E-state index >= 15 is 0 Å². The number of carbonyl (C=O) groups is 1. The molecule has 3 nitrogen and oxygen atoms in total. The van der Waals surface area contributed by atoms with Gasteiger partial charge in [0.2, 0.25) is 0 Å². The van der Waals surface area contributed by atoms with Crippen LogP contribution >= 0.6 is 0 Å². The van der Waals surface area contributed by atoms with Gasteiger partial charge in [0.1, 0.15) is 0 Å². The number of alkyl carbamates (subject to hydrolysis) is 1. The summed E-state index contributed by atoms with van der Waals surface area (Å²) in [4.78, 5) is 11.2. The van der Waals surface area contributed by atoms with Crippen molar-refractivity contribution >= 4 is 6.09 Å². The van der Waals surface area contributed by atoms with Gasteiger partial charge in [-0.15, -0.1) is 0 Å². The summed E-state index contributed by atoms with van der Waals surface area (Å²) >= 11 is 0. The first-order chi connectivity index (χ1) is 6.49. The average molecular weight is 199 g/mol. The average Bonchev–Trinajstić information content (AvgIpc) is 1.93. The maximum absolute atomic E-state index is 11.2. The van der Waals surface area contributed by atoms with Crippen molar-refractivity contribution in [2.45, 2.75) is 52.7 Å². The van der Waals surface area contributed by atoms with Crippen LogP contribution in [0.3, 0.4) is 0 Å². The number of carbonyl (C=O) groups excluding carboxylic acids is 1. The van der Waals surface area contributed by atoms with Gasteiger partial charge >= 0.3 is 6.09 Å². The fraction of sp³-hybridized carbons (Fsp3) is 0.909. The molecule has 82 valence electrons. The molecule has 0 saturated heterocycles. The van der Waals surface area contributed by atoms with Crippen molar-refractivity contribution in [1.29, 1.82) is 0 Å². The predicted molar refractivity (Wildman–Crippen MR) is 56.1 cm³/mol. The standard InChI is InChI=1S/C11H21NO2/c1-7(2)9-5-10(6-9)12-11(13)14-8(3)4/h7-10H,5-6H2,1-4H3,(H,12,13). The predicted octanol–water partition coefficient (Wildman–Crippen LogP) is 2.56. The second kappa shape index (κ2) is 4.67. The molecule has 1 fully saturated rings. The number of ether oxygens (including phenoxy) is 1. The zero-order chi connectivity index (χ0) is 10.7. The van der Waals surface area contributed by atoms with Crippen molar-refractivity contribution in [2.75, 3.05) is 0 Å². The minimum absolute atomic E-state index is 0.0315. The van der Waals surface area contributed by atoms with Crippen molar-refractivity contribution in [2.24, 2.45) is 11.8 Å². The van der Waals surface area contributed by atoms with Gasteiger partial charge in [0, 0.05) is 6.04 Å². The maximum Gasteiger partial charge on any atom is 0.407 e. The lowest BCUT2D eigenvalue weighted by Gasteiger charge is -2.38. The quantitative estimate of drug-likeness (QED) is 0.758. The molecule has 1 saturated carbocycles. The highest BCUT2D eigenvalue weighted by Crippen LogP contribution is 2.33. The molecule has 0 bridgehead atoms. The van der Waals surface area contributed by atoms with Crippen LogP contribution in [0.15, 0.2) is 0 Å². The summed E-state index contributed by atoms with van der Waals surface area (Å²) in [7, 11) is 0. The highest BCUT2D eigenvalue weighted by atomic mass is 16.6. The summed E-state index contributed by atoms with van der Waals surface area (Å²) in [6.07, 6.45) is 1.90. The smallest absolute Gasteiger partial charge is 0.407 e. The molecule has 14 heavy (non-hydrogen) atoms. The van der Waals surface area contributed by atoms with Crippen molar-refractivity contribution in [3.63, 3.8) is 0 Å². The molecule has 1 rings (SSSR count). The lowest BCUT2D eigenvalue weighted by molar-refractivity contribution is 0.0955. The molecule has 0 atom stereocenters. The molecule has 0 aromatic rings. The number of hydrogen-bond acceptors (Lipinski definition) is 2. The molecule has 0 heterocycles. The Balaban J connectivity index is 2.13. The number of amides is 1. The van der Waals surface area contributed by atoms with Gasteiger partial charge in [-0.2, -0.15) is 0 Å². The molecule has 0 aromatic carbocycles. The van der Waals surface area contributed by atoms with Crippen molar-refractivity contribution < 1.29 is 9.53 Å². The van der Waals surface area contributed by atoms with Crippen LogP contribution in [0.2, 0.25) is 0 Å². The first kappa shape index (κ1) is 11.3. The van der Waals surface area contributed by atoms with Gasteiger partial charge in [0.25, 0.3) is 0 Å². The van der Waals surface area contributed by atoms with E-state index in [0.717, 1.165) is 24.7 Å². The van der Waals surface area contributed by atoms with Gasteiger partial charge in [-0.25, -0.2) is 4.79 Å². The fourth-order valence-corrected chi connectivity index (χ4v) is 1.74. The van der Waals surface area contributed by atoms with Crippen LogP contribution in [-0.2, 0) is 4.74 Å². The summed E-state index contributed by atoms with van der Waals surface area (Å²) in [6.45, 7) is 8.18. The van der Waals surface area contributed by atoms with E-state index in [1.807, 2.05) is 13.8 Å². The second-order valence-electron chi connectivity index (χ2n) is 4.77. The van der Waals surface area contributed by atoms with Gasteiger partial charge in [0.15, 0.2) is 0 Å². The summed E-state index contributed by atoms with van der Waals surface area (Å²) in [6, 6.07) is 0.341. The van der Waals surface area contributed by atoms with E-state index in [1.54, 1.807) is 0 Å². The third-order valence-electron chi connectivity index (χ3n) is 2.78. The van der Waals surface area contributed by atoms with Gasteiger partial charge < -0.3 is 10.1 Å². The minimum atomic E-state index is -0.271. The Morgan fingerprint density at radius 2 is 1.86 bits per heavy atom. The summed E-state index contributed by atoms with van der Waals surface area (Å²) in [5.41, 5.74) is 0. The zero-order valence-electron chi connectivity index (χ0n) is 9.54. The zero-order valence-corrected chi connectivity index (χ0v) is 9.54. The third kappa shape index (κ3) is 3.20. The fourth-order valence-electron chi connectivity index (χ4n) is 1.74. The molecule has 0 radical (unpaired) electrons. The van der Waals surface area contributed by atoms with E-state index < -0.39 is 0 Å². The van der Waals surface area contributed by atoms with E-state index in [1.165, 1.54) is 0 Å². The second-order valence-corrected chi connectivity index (χ2v) is 4.77. The Kier molecular flexibility index (Phi) is 3.78. The van der Waals surface area contributed by atoms with E-state index in [4.69, 9.17) is 4.74 Å². The van der Waals surface area contributed by atoms with Gasteiger partial charge in [0.05, 0.1) is 6.10 Å². The number of nitrogens with one attached hydrogen (secondary N) is 1. The van der Waals surface area contributed by atoms with Crippen LogP contribution in [-0.4, -0.2) is 18.2 Å². The molecule has 0 unspecified atom stereocenters. The first-order valence-corrected chi connectivity index (χ1v) is 5.46. The van der Waals surface area contributed by atoms with Crippen molar-refractivity contribution in [3.8, 4) is 0 Å². The summed E-state index contributed by atoms with van der Waals surface area (Å²) in [5.74, 6) is 1.51. The Hall–Kier alpha value is -0.730. The largest absolute Gasteiger partial charge is 0.447 e. The van der Waals surface area contributed by atoms with Gasteiger partial charge in [-0.1, -0.05) is 13.8 Å². The van der Waals surface area contributed by atoms with Crippen LogP contribution in [0.4, 0.5) is 4.79 Å². The van der Waals surface area contributed by atoms with E-state index in [2.05, 4.69) is 19.2 Å². The number of hydrogen-bond donors (Lipinski definition) is 1. The Morgan fingerprint density at radius 1 is 1.29 bits per heavy atom. The molecule has 1 aliphatic carbocycles. The van der Waals surface area contributed by atoms with Gasteiger partial charge in [-0.05, 0) is 38.5 Å². The summed E-state index contributed by atoms with van der Waals surface area (Å²) < 4.78 is 5.00. The molecular weight excluding hydrogens is 178 g/mol. The molecule has 1 amide bonds. The lowest BCUT2D eigenvalue weighted by Crippen LogP contribution is -2.46. The Labute approximate surface area is 86.2 Å².